The van der Waals surface area contributed by atoms with E-state index in [1.165, 1.54) is 6.92 Å². The number of carboxylic acid groups (broad SMARTS) is 1. The van der Waals surface area contributed by atoms with Crippen LogP contribution in [-0.4, -0.2) is 22.3 Å². The zero-order chi connectivity index (χ0) is 7.28. The summed E-state index contributed by atoms with van der Waals surface area (Å²) in [5.41, 5.74) is 2.24. The van der Waals surface area contributed by atoms with Crippen LogP contribution in [0.1, 0.15) is 6.92 Å². The highest BCUT2D eigenvalue weighted by molar-refractivity contribution is 7.78. The third kappa shape index (κ3) is 3.64. The van der Waals surface area contributed by atoms with E-state index < -0.39 is 12.0 Å². The van der Waals surface area contributed by atoms with Gasteiger partial charge in [0, 0.05) is 0 Å². The van der Waals surface area contributed by atoms with Crippen LogP contribution in [0.4, 0.5) is 0 Å². The van der Waals surface area contributed by atoms with Gasteiger partial charge in [-0.15, -0.1) is 5.10 Å². The maximum Gasteiger partial charge on any atom is 0.327 e. The molecule has 0 saturated carbocycles. The van der Waals surface area contributed by atoms with Gasteiger partial charge in [0.25, 0.3) is 0 Å². The van der Waals surface area contributed by atoms with Crippen LogP contribution in [0.15, 0.2) is 5.10 Å². The first-order valence-corrected chi connectivity index (χ1v) is 2.64. The molecule has 0 heterocycles. The Morgan fingerprint density at radius 1 is 2.00 bits per heavy atom. The Bertz CT molecular complexity index is 153. The van der Waals surface area contributed by atoms with E-state index in [0.717, 1.165) is 0 Å². The Kier molecular flexibility index (Phi) is 3.59. The average molecular weight is 146 g/mol. The molecule has 0 aromatic carbocycles. The van der Waals surface area contributed by atoms with Crippen molar-refractivity contribution in [2.24, 2.45) is 5.10 Å². The van der Waals surface area contributed by atoms with Gasteiger partial charge in [-0.2, -0.15) is 0 Å². The van der Waals surface area contributed by atoms with E-state index in [1.807, 2.05) is 5.16 Å². The van der Waals surface area contributed by atoms with Crippen LogP contribution in [0.5, 0.6) is 0 Å². The second-order valence-corrected chi connectivity index (χ2v) is 1.57. The van der Waals surface area contributed by atoms with Crippen molar-refractivity contribution in [3.8, 4) is 0 Å². The minimum Gasteiger partial charge on any atom is -0.480 e. The number of hydrogen-bond acceptors (Lipinski definition) is 4. The molecule has 0 radical (unpaired) electrons. The van der Waals surface area contributed by atoms with Gasteiger partial charge in [-0.1, -0.05) is 0 Å². The fourth-order valence-corrected chi connectivity index (χ4v) is 0.231. The van der Waals surface area contributed by atoms with Crippen LogP contribution < -0.4 is 5.43 Å². The third-order valence-electron chi connectivity index (χ3n) is 0.674. The van der Waals surface area contributed by atoms with Crippen LogP contribution in [0.25, 0.3) is 0 Å². The van der Waals surface area contributed by atoms with Crippen molar-refractivity contribution in [1.82, 2.24) is 5.43 Å². The molecule has 2 N–H and O–H groups in total. The number of nitrogens with zero attached hydrogens (tertiary/aromatic N) is 1. The van der Waals surface area contributed by atoms with Gasteiger partial charge in [0.1, 0.15) is 6.04 Å². The fourth-order valence-electron chi connectivity index (χ4n) is 0.178. The lowest BCUT2D eigenvalue weighted by Crippen LogP contribution is -2.29. The molecule has 0 rings (SSSR count). The van der Waals surface area contributed by atoms with Gasteiger partial charge in [-0.3, -0.25) is 5.43 Å². The molecule has 0 aliphatic heterocycles. The zero-order valence-electron chi connectivity index (χ0n) is 4.79. The van der Waals surface area contributed by atoms with E-state index in [4.69, 9.17) is 5.11 Å². The average Bonchev–Trinajstić information content (AvgIpc) is 1.82. The quantitative estimate of drug-likeness (QED) is 0.336. The van der Waals surface area contributed by atoms with Crippen LogP contribution in [-0.2, 0) is 4.79 Å². The molecule has 0 aliphatic carbocycles. The number of nitrogens with one attached hydrogen (secondary N) is 1. The maximum atomic E-state index is 10.0. The van der Waals surface area contributed by atoms with Crippen LogP contribution in [0.2, 0.25) is 0 Å². The van der Waals surface area contributed by atoms with Gasteiger partial charge in [-0.25, -0.2) is 4.79 Å². The molecule has 0 bridgehead atoms. The van der Waals surface area contributed by atoms with Gasteiger partial charge >= 0.3 is 5.97 Å². The number of carbonyl (C=O) groups is 1. The summed E-state index contributed by atoms with van der Waals surface area (Å²) in [5.74, 6) is -0.969. The molecule has 1 atom stereocenters. The molecular formula is C4H6N2O2S. The topological polar surface area (TPSA) is 61.7 Å². The van der Waals surface area contributed by atoms with E-state index in [9.17, 15) is 4.79 Å². The predicted octanol–water partition coefficient (Wildman–Crippen LogP) is 0.0669. The second kappa shape index (κ2) is 4.00. The summed E-state index contributed by atoms with van der Waals surface area (Å²) in [6.07, 6.45) is 0. The number of hydrogen-bond donors (Lipinski definition) is 2. The van der Waals surface area contributed by atoms with Crippen LogP contribution in [0.3, 0.4) is 0 Å². The molecular weight excluding hydrogens is 140 g/mol. The lowest BCUT2D eigenvalue weighted by atomic mass is 10.4. The second-order valence-electron chi connectivity index (χ2n) is 1.39. The van der Waals surface area contributed by atoms with Gasteiger partial charge in [0.15, 0.2) is 0 Å². The number of aliphatic carboxylic acids is 1. The third-order valence-corrected chi connectivity index (χ3v) is 0.766. The smallest absolute Gasteiger partial charge is 0.327 e. The molecule has 0 aromatic rings. The SMILES string of the molecule is CC(NN=C=S)C(=O)O. The van der Waals surface area contributed by atoms with E-state index in [-0.39, 0.29) is 0 Å². The first kappa shape index (κ1) is 8.07. The molecule has 0 aromatic heterocycles. The molecule has 0 fully saturated rings. The zero-order valence-corrected chi connectivity index (χ0v) is 5.60. The Balaban J connectivity index is 3.63. The summed E-state index contributed by atoms with van der Waals surface area (Å²) < 4.78 is 0. The normalized spacial score (nSPS) is 11.2. The molecule has 1 unspecified atom stereocenters. The van der Waals surface area contributed by atoms with Crippen molar-refractivity contribution >= 4 is 23.3 Å². The van der Waals surface area contributed by atoms with E-state index in [1.54, 1.807) is 0 Å². The van der Waals surface area contributed by atoms with Crippen molar-refractivity contribution in [2.45, 2.75) is 13.0 Å². The molecule has 9 heavy (non-hydrogen) atoms. The van der Waals surface area contributed by atoms with Crippen molar-refractivity contribution in [1.29, 1.82) is 0 Å². The number of hydrazone groups is 1. The maximum absolute atomic E-state index is 10.0. The van der Waals surface area contributed by atoms with Crippen molar-refractivity contribution in [3.63, 3.8) is 0 Å². The summed E-state index contributed by atoms with van der Waals surface area (Å²) in [7, 11) is 0. The summed E-state index contributed by atoms with van der Waals surface area (Å²) >= 11 is 4.18. The van der Waals surface area contributed by atoms with Gasteiger partial charge in [-0.05, 0) is 19.1 Å². The summed E-state index contributed by atoms with van der Waals surface area (Å²) in [6, 6.07) is -0.708. The first-order valence-electron chi connectivity index (χ1n) is 2.23. The fraction of sp³-hybridized carbons (Fsp3) is 0.500. The Hall–Kier alpha value is -0.930. The molecule has 0 spiro atoms. The number of thiocarbonyl (C=S) groups is 1. The Morgan fingerprint density at radius 3 is 2.89 bits per heavy atom. The minimum absolute atomic E-state index is 0.708. The summed E-state index contributed by atoms with van der Waals surface area (Å²) in [6.45, 7) is 1.46. The number of rotatable bonds is 3. The highest BCUT2D eigenvalue weighted by Crippen LogP contribution is 1.77. The molecule has 5 heteroatoms. The molecule has 0 saturated heterocycles. The van der Waals surface area contributed by atoms with Crippen LogP contribution in [0, 0.1) is 0 Å². The molecule has 4 nitrogen and oxygen atoms in total. The monoisotopic (exact) mass is 146 g/mol. The lowest BCUT2D eigenvalue weighted by molar-refractivity contribution is -0.138. The number of isothiocyanates is 1. The van der Waals surface area contributed by atoms with E-state index in [0.29, 0.717) is 0 Å². The Labute approximate surface area is 57.6 Å². The highest BCUT2D eigenvalue weighted by atomic mass is 32.1. The largest absolute Gasteiger partial charge is 0.480 e. The molecule has 0 aliphatic rings. The van der Waals surface area contributed by atoms with Gasteiger partial charge in [0.2, 0.25) is 0 Å². The van der Waals surface area contributed by atoms with Gasteiger partial charge < -0.3 is 5.11 Å². The summed E-state index contributed by atoms with van der Waals surface area (Å²) in [5, 5.41) is 13.4. The number of carboxylic acids is 1. The van der Waals surface area contributed by atoms with E-state index in [2.05, 4.69) is 22.7 Å². The summed E-state index contributed by atoms with van der Waals surface area (Å²) in [4.78, 5) is 10.0. The Morgan fingerprint density at radius 2 is 2.56 bits per heavy atom. The van der Waals surface area contributed by atoms with Crippen molar-refractivity contribution < 1.29 is 9.90 Å². The van der Waals surface area contributed by atoms with Gasteiger partial charge in [0.05, 0.1) is 5.16 Å². The standard InChI is InChI=1S/C4H6N2O2S/c1-3(4(7)8)6-5-2-9/h3,6H,1H3,(H,7,8). The predicted molar refractivity (Wildman–Crippen MR) is 35.3 cm³/mol. The lowest BCUT2D eigenvalue weighted by Gasteiger charge is -2.00. The minimum atomic E-state index is -0.969. The molecule has 0 amide bonds. The first-order chi connectivity index (χ1) is 4.18. The highest BCUT2D eigenvalue weighted by Gasteiger charge is 2.06. The molecule has 50 valence electrons. The van der Waals surface area contributed by atoms with Crippen molar-refractivity contribution in [3.05, 3.63) is 0 Å². The van der Waals surface area contributed by atoms with Crippen molar-refractivity contribution in [2.75, 3.05) is 0 Å². The van der Waals surface area contributed by atoms with E-state index >= 15 is 0 Å². The van der Waals surface area contributed by atoms with Crippen LogP contribution >= 0.6 is 12.2 Å².